The fourth-order valence-electron chi connectivity index (χ4n) is 0.860. The maximum Gasteiger partial charge on any atom is 0.336 e. The van der Waals surface area contributed by atoms with E-state index < -0.39 is 5.97 Å². The normalized spacial score (nSPS) is 10.1. The van der Waals surface area contributed by atoms with Gasteiger partial charge in [-0.2, -0.15) is 0 Å². The number of carboxylic acid groups (broad SMARTS) is 1. The number of aromatic carboxylic acids is 1. The van der Waals surface area contributed by atoms with Crippen LogP contribution in [0.25, 0.3) is 0 Å². The molecule has 0 saturated heterocycles. The molecule has 0 amide bonds. The van der Waals surface area contributed by atoms with E-state index in [0.717, 1.165) is 10.0 Å². The largest absolute Gasteiger partial charge is 0.478 e. The molecule has 0 aromatic heterocycles. The van der Waals surface area contributed by atoms with Gasteiger partial charge < -0.3 is 5.11 Å². The first-order chi connectivity index (χ1) is 6.06. The molecule has 0 saturated carbocycles. The van der Waals surface area contributed by atoms with Gasteiger partial charge in [0.2, 0.25) is 0 Å². The van der Waals surface area contributed by atoms with Gasteiger partial charge in [0.1, 0.15) is 0 Å². The molecule has 0 atom stereocenters. The zero-order valence-corrected chi connectivity index (χ0v) is 10.3. The first-order valence-corrected chi connectivity index (χ1v) is 5.45. The highest BCUT2D eigenvalue weighted by Crippen LogP contribution is 2.27. The van der Waals surface area contributed by atoms with Crippen molar-refractivity contribution in [3.63, 3.8) is 0 Å². The van der Waals surface area contributed by atoms with Crippen LogP contribution in [0.3, 0.4) is 0 Å². The molecule has 0 aliphatic heterocycles. The summed E-state index contributed by atoms with van der Waals surface area (Å²) in [5.74, 6) is -0.681. The molecule has 0 aliphatic rings. The fraction of sp³-hybridized carbons (Fsp3) is 0.125. The van der Waals surface area contributed by atoms with Gasteiger partial charge in [-0.1, -0.05) is 15.9 Å². The molecule has 0 heterocycles. The number of carboxylic acids is 1. The van der Waals surface area contributed by atoms with E-state index in [0.29, 0.717) is 4.47 Å². The number of benzene rings is 1. The number of hydrogen-bond acceptors (Lipinski definition) is 1. The second kappa shape index (κ2) is 4.44. The molecule has 0 fully saturated rings. The topological polar surface area (TPSA) is 37.3 Å². The van der Waals surface area contributed by atoms with Crippen molar-refractivity contribution >= 4 is 49.4 Å². The predicted molar refractivity (Wildman–Crippen MR) is 58.4 cm³/mol. The van der Waals surface area contributed by atoms with Crippen LogP contribution in [-0.4, -0.2) is 11.1 Å². The lowest BCUT2D eigenvalue weighted by molar-refractivity contribution is 0.0696. The summed E-state index contributed by atoms with van der Waals surface area (Å²) in [5, 5.41) is 8.79. The van der Waals surface area contributed by atoms with Crippen LogP contribution < -0.4 is 0 Å². The Labute approximate surface area is 97.2 Å². The van der Waals surface area contributed by atoms with E-state index >= 15 is 0 Å². The summed E-state index contributed by atoms with van der Waals surface area (Å²) >= 11 is 12.1. The summed E-state index contributed by atoms with van der Waals surface area (Å²) in [5.41, 5.74) is 0.987. The summed E-state index contributed by atoms with van der Waals surface area (Å²) < 4.78 is 1.35. The minimum atomic E-state index is -0.967. The smallest absolute Gasteiger partial charge is 0.336 e. The Hall–Kier alpha value is -0.0600. The summed E-state index contributed by atoms with van der Waals surface area (Å²) in [6.45, 7) is 0. The molecule has 1 aromatic carbocycles. The van der Waals surface area contributed by atoms with Gasteiger partial charge in [0.25, 0.3) is 0 Å². The molecule has 70 valence electrons. The molecule has 0 spiro atoms. The third-order valence-corrected chi connectivity index (χ3v) is 3.19. The molecule has 5 heteroatoms. The standard InChI is InChI=1S/C8H5Br2ClO2/c9-6-2-7(10)5(8(12)13)1-4(6)3-11/h1-2H,3H2,(H,12,13). The maximum atomic E-state index is 10.7. The van der Waals surface area contributed by atoms with Crippen molar-refractivity contribution in [2.45, 2.75) is 5.88 Å². The summed E-state index contributed by atoms with van der Waals surface area (Å²) in [6.07, 6.45) is 0. The average Bonchev–Trinajstić information content (AvgIpc) is 2.03. The highest BCUT2D eigenvalue weighted by Gasteiger charge is 2.11. The van der Waals surface area contributed by atoms with Crippen LogP contribution in [0.2, 0.25) is 0 Å². The van der Waals surface area contributed by atoms with Crippen molar-refractivity contribution < 1.29 is 9.90 Å². The number of halogens is 3. The molecule has 13 heavy (non-hydrogen) atoms. The Morgan fingerprint density at radius 3 is 2.46 bits per heavy atom. The molecule has 0 bridgehead atoms. The number of hydrogen-bond donors (Lipinski definition) is 1. The summed E-state index contributed by atoms with van der Waals surface area (Å²) in [4.78, 5) is 10.7. The number of carbonyl (C=O) groups is 1. The Balaban J connectivity index is 3.30. The van der Waals surface area contributed by atoms with E-state index in [2.05, 4.69) is 31.9 Å². The van der Waals surface area contributed by atoms with Crippen LogP contribution in [0, 0.1) is 0 Å². The van der Waals surface area contributed by atoms with Crippen molar-refractivity contribution in [2.75, 3.05) is 0 Å². The van der Waals surface area contributed by atoms with E-state index in [1.807, 2.05) is 0 Å². The lowest BCUT2D eigenvalue weighted by Gasteiger charge is -2.04. The van der Waals surface area contributed by atoms with Crippen LogP contribution in [0.1, 0.15) is 15.9 Å². The molecule has 0 aliphatic carbocycles. The number of rotatable bonds is 2. The third-order valence-electron chi connectivity index (χ3n) is 1.51. The Morgan fingerprint density at radius 2 is 2.00 bits per heavy atom. The molecule has 1 N–H and O–H groups in total. The van der Waals surface area contributed by atoms with Gasteiger partial charge in [-0.05, 0) is 33.6 Å². The Kier molecular flexibility index (Phi) is 3.76. The molecular weight excluding hydrogens is 323 g/mol. The van der Waals surface area contributed by atoms with Crippen molar-refractivity contribution in [3.8, 4) is 0 Å². The van der Waals surface area contributed by atoms with Crippen LogP contribution in [0.4, 0.5) is 0 Å². The maximum absolute atomic E-state index is 10.7. The van der Waals surface area contributed by atoms with Gasteiger partial charge in [0.15, 0.2) is 0 Å². The number of alkyl halides is 1. The SMILES string of the molecule is O=C(O)c1cc(CCl)c(Br)cc1Br. The van der Waals surface area contributed by atoms with Crippen LogP contribution in [0.5, 0.6) is 0 Å². The van der Waals surface area contributed by atoms with Gasteiger partial charge in [-0.15, -0.1) is 11.6 Å². The van der Waals surface area contributed by atoms with Crippen molar-refractivity contribution in [3.05, 3.63) is 32.2 Å². The predicted octanol–water partition coefficient (Wildman–Crippen LogP) is 3.65. The highest BCUT2D eigenvalue weighted by molar-refractivity contribution is 9.11. The average molecular weight is 328 g/mol. The molecule has 1 rings (SSSR count). The Bertz CT molecular complexity index is 352. The zero-order valence-electron chi connectivity index (χ0n) is 6.35. The van der Waals surface area contributed by atoms with Crippen LogP contribution in [-0.2, 0) is 5.88 Å². The lowest BCUT2D eigenvalue weighted by atomic mass is 10.1. The monoisotopic (exact) mass is 326 g/mol. The van der Waals surface area contributed by atoms with E-state index in [1.54, 1.807) is 12.1 Å². The molecule has 2 nitrogen and oxygen atoms in total. The zero-order chi connectivity index (χ0) is 10.0. The minimum absolute atomic E-state index is 0.221. The van der Waals surface area contributed by atoms with E-state index in [4.69, 9.17) is 16.7 Å². The second-order valence-electron chi connectivity index (χ2n) is 2.36. The van der Waals surface area contributed by atoms with E-state index in [-0.39, 0.29) is 11.4 Å². The third kappa shape index (κ3) is 2.45. The van der Waals surface area contributed by atoms with Gasteiger partial charge in [0.05, 0.1) is 5.56 Å². The second-order valence-corrected chi connectivity index (χ2v) is 4.34. The van der Waals surface area contributed by atoms with Crippen LogP contribution in [0.15, 0.2) is 21.1 Å². The summed E-state index contributed by atoms with van der Waals surface area (Å²) in [7, 11) is 0. The summed E-state index contributed by atoms with van der Waals surface area (Å²) in [6, 6.07) is 3.23. The van der Waals surface area contributed by atoms with Crippen molar-refractivity contribution in [1.82, 2.24) is 0 Å². The van der Waals surface area contributed by atoms with Gasteiger partial charge >= 0.3 is 5.97 Å². The van der Waals surface area contributed by atoms with Crippen LogP contribution >= 0.6 is 43.5 Å². The van der Waals surface area contributed by atoms with Gasteiger partial charge in [-0.25, -0.2) is 4.79 Å². The first kappa shape index (κ1) is 11.0. The quantitative estimate of drug-likeness (QED) is 0.842. The molecular formula is C8H5Br2ClO2. The van der Waals surface area contributed by atoms with Crippen molar-refractivity contribution in [2.24, 2.45) is 0 Å². The van der Waals surface area contributed by atoms with Gasteiger partial charge in [0, 0.05) is 14.8 Å². The Morgan fingerprint density at radius 1 is 1.38 bits per heavy atom. The van der Waals surface area contributed by atoms with Gasteiger partial charge in [-0.3, -0.25) is 0 Å². The minimum Gasteiger partial charge on any atom is -0.478 e. The van der Waals surface area contributed by atoms with E-state index in [9.17, 15) is 4.79 Å². The molecule has 0 radical (unpaired) electrons. The molecule has 1 aromatic rings. The lowest BCUT2D eigenvalue weighted by Crippen LogP contribution is -1.99. The fourth-order valence-corrected chi connectivity index (χ4v) is 2.55. The first-order valence-electron chi connectivity index (χ1n) is 3.33. The molecule has 0 unspecified atom stereocenters. The highest BCUT2D eigenvalue weighted by atomic mass is 79.9. The van der Waals surface area contributed by atoms with Crippen molar-refractivity contribution in [1.29, 1.82) is 0 Å². The van der Waals surface area contributed by atoms with E-state index in [1.165, 1.54) is 0 Å².